The molecular weight excluding hydrogens is 354 g/mol. The molecule has 1 aliphatic heterocycles. The molecule has 0 spiro atoms. The van der Waals surface area contributed by atoms with E-state index >= 15 is 0 Å². The van der Waals surface area contributed by atoms with Gasteiger partial charge in [-0.2, -0.15) is 0 Å². The molecule has 3 rings (SSSR count). The van der Waals surface area contributed by atoms with E-state index in [1.165, 1.54) is 0 Å². The van der Waals surface area contributed by atoms with Crippen molar-refractivity contribution < 1.29 is 14.3 Å². The van der Waals surface area contributed by atoms with Gasteiger partial charge in [0.2, 0.25) is 11.8 Å². The maximum atomic E-state index is 12.6. The maximum absolute atomic E-state index is 12.6. The Bertz CT molecular complexity index is 795. The highest BCUT2D eigenvalue weighted by atomic mass is 16.5. The molecule has 28 heavy (non-hydrogen) atoms. The third-order valence-electron chi connectivity index (χ3n) is 4.92. The second kappa shape index (κ2) is 9.90. The van der Waals surface area contributed by atoms with Crippen LogP contribution in [0.15, 0.2) is 54.6 Å². The Labute approximate surface area is 165 Å². The number of nitrogens with zero attached hydrogens (tertiary/aromatic N) is 1. The summed E-state index contributed by atoms with van der Waals surface area (Å²) in [6, 6.07) is 17.7. The van der Waals surface area contributed by atoms with Gasteiger partial charge >= 0.3 is 0 Å². The first kappa shape index (κ1) is 19.9. The maximum Gasteiger partial charge on any atom is 0.231 e. The molecule has 0 saturated carbocycles. The lowest BCUT2D eigenvalue weighted by Crippen LogP contribution is -2.45. The second-order valence-corrected chi connectivity index (χ2v) is 7.14. The van der Waals surface area contributed by atoms with Gasteiger partial charge in [-0.25, -0.2) is 0 Å². The molecule has 0 radical (unpaired) electrons. The summed E-state index contributed by atoms with van der Waals surface area (Å²) in [5.41, 5.74) is 7.31. The fourth-order valence-electron chi connectivity index (χ4n) is 3.49. The van der Waals surface area contributed by atoms with Crippen molar-refractivity contribution in [2.45, 2.75) is 26.0 Å². The number of amides is 2. The molecule has 2 amide bonds. The van der Waals surface area contributed by atoms with Crippen LogP contribution in [0.2, 0.25) is 0 Å². The fourth-order valence-corrected chi connectivity index (χ4v) is 3.49. The van der Waals surface area contributed by atoms with E-state index in [4.69, 9.17) is 10.5 Å². The number of hydrogen-bond donors (Lipinski definition) is 2. The van der Waals surface area contributed by atoms with Crippen molar-refractivity contribution in [3.05, 3.63) is 65.7 Å². The van der Waals surface area contributed by atoms with Gasteiger partial charge in [-0.15, -0.1) is 0 Å². The van der Waals surface area contributed by atoms with Crippen molar-refractivity contribution in [1.82, 2.24) is 10.2 Å². The van der Waals surface area contributed by atoms with Crippen LogP contribution in [0.1, 0.15) is 24.0 Å². The topological polar surface area (TPSA) is 84.7 Å². The molecule has 0 aliphatic carbocycles. The van der Waals surface area contributed by atoms with Crippen LogP contribution in [0.5, 0.6) is 5.75 Å². The molecule has 1 heterocycles. The van der Waals surface area contributed by atoms with Gasteiger partial charge in [0.1, 0.15) is 12.4 Å². The molecule has 1 saturated heterocycles. The zero-order valence-electron chi connectivity index (χ0n) is 16.0. The van der Waals surface area contributed by atoms with E-state index in [2.05, 4.69) is 5.32 Å². The van der Waals surface area contributed by atoms with Crippen molar-refractivity contribution in [2.75, 3.05) is 19.6 Å². The normalized spacial score (nSPS) is 17.1. The number of rotatable bonds is 8. The highest BCUT2D eigenvalue weighted by Gasteiger charge is 2.26. The number of piperidine rings is 1. The van der Waals surface area contributed by atoms with Gasteiger partial charge in [-0.05, 0) is 31.0 Å². The summed E-state index contributed by atoms with van der Waals surface area (Å²) in [6.07, 6.45) is 1.72. The first-order valence-corrected chi connectivity index (χ1v) is 9.65. The summed E-state index contributed by atoms with van der Waals surface area (Å²) in [4.78, 5) is 25.7. The quantitative estimate of drug-likeness (QED) is 0.733. The largest absolute Gasteiger partial charge is 0.489 e. The van der Waals surface area contributed by atoms with E-state index in [0.717, 1.165) is 36.3 Å². The molecule has 1 atom stereocenters. The monoisotopic (exact) mass is 381 g/mol. The van der Waals surface area contributed by atoms with Crippen molar-refractivity contribution in [2.24, 2.45) is 11.7 Å². The number of ether oxygens (including phenoxy) is 1. The van der Waals surface area contributed by atoms with Crippen LogP contribution in [0.25, 0.3) is 0 Å². The number of nitrogens with one attached hydrogen (secondary N) is 1. The zero-order chi connectivity index (χ0) is 19.8. The average Bonchev–Trinajstić information content (AvgIpc) is 2.71. The highest BCUT2D eigenvalue weighted by molar-refractivity contribution is 5.79. The van der Waals surface area contributed by atoms with E-state index < -0.39 is 0 Å². The summed E-state index contributed by atoms with van der Waals surface area (Å²) in [5, 5.41) is 3.02. The highest BCUT2D eigenvalue weighted by Crippen LogP contribution is 2.20. The SMILES string of the molecule is NC(=O)CN1CCCC(C(=O)NCc2ccccc2OCc2ccccc2)C1. The molecular formula is C22H27N3O3. The van der Waals surface area contributed by atoms with Gasteiger partial charge in [-0.3, -0.25) is 14.5 Å². The molecule has 2 aromatic carbocycles. The number of carbonyl (C=O) groups excluding carboxylic acids is 2. The Morgan fingerprint density at radius 2 is 1.86 bits per heavy atom. The molecule has 1 aliphatic rings. The first-order valence-electron chi connectivity index (χ1n) is 9.65. The smallest absolute Gasteiger partial charge is 0.231 e. The fraction of sp³-hybridized carbons (Fsp3) is 0.364. The van der Waals surface area contributed by atoms with E-state index in [0.29, 0.717) is 19.7 Å². The van der Waals surface area contributed by atoms with Gasteiger partial charge in [-0.1, -0.05) is 48.5 Å². The second-order valence-electron chi connectivity index (χ2n) is 7.14. The predicted molar refractivity (Wildman–Crippen MR) is 107 cm³/mol. The lowest BCUT2D eigenvalue weighted by molar-refractivity contribution is -0.128. The molecule has 3 N–H and O–H groups in total. The minimum atomic E-state index is -0.356. The zero-order valence-corrected chi connectivity index (χ0v) is 16.0. The van der Waals surface area contributed by atoms with Crippen LogP contribution in [0.3, 0.4) is 0 Å². The van der Waals surface area contributed by atoms with E-state index in [-0.39, 0.29) is 24.3 Å². The number of benzene rings is 2. The number of primary amides is 1. The average molecular weight is 381 g/mol. The summed E-state index contributed by atoms with van der Waals surface area (Å²) in [5.74, 6) is 0.300. The van der Waals surface area contributed by atoms with Gasteiger partial charge in [0.15, 0.2) is 0 Å². The first-order chi connectivity index (χ1) is 13.6. The van der Waals surface area contributed by atoms with Gasteiger partial charge in [0, 0.05) is 18.7 Å². The standard InChI is InChI=1S/C22H27N3O3/c23-21(26)15-25-12-6-10-19(14-25)22(27)24-13-18-9-4-5-11-20(18)28-16-17-7-2-1-3-8-17/h1-5,7-9,11,19H,6,10,12-16H2,(H2,23,26)(H,24,27). The van der Waals surface area contributed by atoms with Crippen LogP contribution < -0.4 is 15.8 Å². The van der Waals surface area contributed by atoms with Crippen LogP contribution in [0, 0.1) is 5.92 Å². The molecule has 2 aromatic rings. The van der Waals surface area contributed by atoms with Crippen molar-refractivity contribution in [3.8, 4) is 5.75 Å². The van der Waals surface area contributed by atoms with Gasteiger partial charge < -0.3 is 15.8 Å². The van der Waals surface area contributed by atoms with E-state index in [1.807, 2.05) is 59.5 Å². The van der Waals surface area contributed by atoms with Gasteiger partial charge in [0.05, 0.1) is 12.5 Å². The Morgan fingerprint density at radius 3 is 2.64 bits per heavy atom. The van der Waals surface area contributed by atoms with Crippen molar-refractivity contribution in [1.29, 1.82) is 0 Å². The molecule has 1 fully saturated rings. The Morgan fingerprint density at radius 1 is 1.11 bits per heavy atom. The van der Waals surface area contributed by atoms with Crippen molar-refractivity contribution in [3.63, 3.8) is 0 Å². The Kier molecular flexibility index (Phi) is 7.03. The summed E-state index contributed by atoms with van der Waals surface area (Å²) in [6.45, 7) is 2.48. The van der Waals surface area contributed by atoms with Crippen LogP contribution in [-0.2, 0) is 22.7 Å². The van der Waals surface area contributed by atoms with Gasteiger partial charge in [0.25, 0.3) is 0 Å². The number of nitrogens with two attached hydrogens (primary N) is 1. The van der Waals surface area contributed by atoms with Crippen LogP contribution in [-0.4, -0.2) is 36.3 Å². The third-order valence-corrected chi connectivity index (χ3v) is 4.92. The Hall–Kier alpha value is -2.86. The number of likely N-dealkylation sites (tertiary alicyclic amines) is 1. The van der Waals surface area contributed by atoms with Crippen molar-refractivity contribution >= 4 is 11.8 Å². The van der Waals surface area contributed by atoms with E-state index in [1.54, 1.807) is 0 Å². The minimum Gasteiger partial charge on any atom is -0.489 e. The summed E-state index contributed by atoms with van der Waals surface area (Å²) >= 11 is 0. The summed E-state index contributed by atoms with van der Waals surface area (Å²) in [7, 11) is 0. The molecule has 0 bridgehead atoms. The minimum absolute atomic E-state index is 0.00651. The molecule has 6 heteroatoms. The number of hydrogen-bond acceptors (Lipinski definition) is 4. The predicted octanol–water partition coefficient (Wildman–Crippen LogP) is 2.08. The number of carbonyl (C=O) groups is 2. The molecule has 6 nitrogen and oxygen atoms in total. The Balaban J connectivity index is 1.54. The number of para-hydroxylation sites is 1. The lowest BCUT2D eigenvalue weighted by atomic mass is 9.97. The lowest BCUT2D eigenvalue weighted by Gasteiger charge is -2.31. The molecule has 1 unspecified atom stereocenters. The molecule has 0 aromatic heterocycles. The summed E-state index contributed by atoms with van der Waals surface area (Å²) < 4.78 is 5.95. The molecule has 148 valence electrons. The third kappa shape index (κ3) is 5.82. The van der Waals surface area contributed by atoms with E-state index in [9.17, 15) is 9.59 Å². The van der Waals surface area contributed by atoms with Crippen LogP contribution >= 0.6 is 0 Å². The van der Waals surface area contributed by atoms with Crippen LogP contribution in [0.4, 0.5) is 0 Å².